The summed E-state index contributed by atoms with van der Waals surface area (Å²) < 4.78 is 11.4. The summed E-state index contributed by atoms with van der Waals surface area (Å²) in [5.74, 6) is 1.67. The zero-order valence-electron chi connectivity index (χ0n) is 18.5. The van der Waals surface area contributed by atoms with Crippen molar-refractivity contribution in [3.05, 3.63) is 72.3 Å². The van der Waals surface area contributed by atoms with E-state index < -0.39 is 0 Å². The second kappa shape index (κ2) is 11.0. The van der Waals surface area contributed by atoms with Crippen LogP contribution in [0.3, 0.4) is 0 Å². The van der Waals surface area contributed by atoms with Crippen molar-refractivity contribution in [1.29, 1.82) is 0 Å². The van der Waals surface area contributed by atoms with Crippen molar-refractivity contribution in [2.45, 2.75) is 45.8 Å². The topological polar surface area (TPSA) is 58.9 Å². The fraction of sp³-hybridized carbons (Fsp3) is 0.333. The molecule has 2 N–H and O–H groups in total. The van der Waals surface area contributed by atoms with Gasteiger partial charge in [0.1, 0.15) is 11.5 Å². The van der Waals surface area contributed by atoms with Gasteiger partial charge in [-0.25, -0.2) is 0 Å². The van der Waals surface area contributed by atoms with E-state index in [9.17, 15) is 10.2 Å². The molecule has 4 nitrogen and oxygen atoms in total. The number of aliphatic hydroxyl groups excluding tert-OH is 2. The van der Waals surface area contributed by atoms with E-state index in [1.807, 2.05) is 25.1 Å². The monoisotopic (exact) mass is 420 g/mol. The van der Waals surface area contributed by atoms with Crippen molar-refractivity contribution in [3.63, 3.8) is 0 Å². The number of hydrogen-bond donors (Lipinski definition) is 2. The molecule has 3 aromatic rings. The molecule has 2 atom stereocenters. The predicted molar refractivity (Wildman–Crippen MR) is 126 cm³/mol. The highest BCUT2D eigenvalue weighted by molar-refractivity contribution is 5.71. The van der Waals surface area contributed by atoms with Gasteiger partial charge >= 0.3 is 0 Å². The van der Waals surface area contributed by atoms with Crippen LogP contribution in [0.15, 0.2) is 66.7 Å². The maximum atomic E-state index is 9.37. The van der Waals surface area contributed by atoms with Gasteiger partial charge in [0.05, 0.1) is 25.4 Å². The molecule has 3 rings (SSSR count). The predicted octanol–water partition coefficient (Wildman–Crippen LogP) is 5.63. The van der Waals surface area contributed by atoms with Crippen molar-refractivity contribution >= 4 is 0 Å². The molecule has 0 aromatic heterocycles. The van der Waals surface area contributed by atoms with Gasteiger partial charge in [0, 0.05) is 12.8 Å². The molecule has 31 heavy (non-hydrogen) atoms. The second-order valence-corrected chi connectivity index (χ2v) is 8.05. The Hall–Kier alpha value is -2.82. The number of rotatable bonds is 10. The van der Waals surface area contributed by atoms with Gasteiger partial charge in [-0.3, -0.25) is 0 Å². The van der Waals surface area contributed by atoms with Crippen LogP contribution in [0.1, 0.15) is 32.3 Å². The lowest BCUT2D eigenvalue weighted by Gasteiger charge is -2.12. The smallest absolute Gasteiger partial charge is 0.122 e. The summed E-state index contributed by atoms with van der Waals surface area (Å²) in [7, 11) is 0. The summed E-state index contributed by atoms with van der Waals surface area (Å²) in [5.41, 5.74) is 5.66. The number of benzene rings is 3. The summed E-state index contributed by atoms with van der Waals surface area (Å²) in [6, 6.07) is 22.7. The minimum absolute atomic E-state index is 0.347. The Labute approximate surface area is 185 Å². The Morgan fingerprint density at radius 2 is 1.10 bits per heavy atom. The fourth-order valence-corrected chi connectivity index (χ4v) is 3.28. The van der Waals surface area contributed by atoms with Crippen LogP contribution in [0.4, 0.5) is 0 Å². The summed E-state index contributed by atoms with van der Waals surface area (Å²) in [4.78, 5) is 0. The zero-order valence-corrected chi connectivity index (χ0v) is 18.5. The van der Waals surface area contributed by atoms with Crippen LogP contribution in [-0.2, 0) is 0 Å². The molecule has 0 saturated heterocycles. The Balaban J connectivity index is 1.64. The Kier molecular flexibility index (Phi) is 8.10. The first-order valence-electron chi connectivity index (χ1n) is 10.9. The van der Waals surface area contributed by atoms with E-state index in [0.717, 1.165) is 39.3 Å². The quantitative estimate of drug-likeness (QED) is 0.446. The lowest BCUT2D eigenvalue weighted by atomic mass is 9.99. The van der Waals surface area contributed by atoms with Crippen LogP contribution in [0.25, 0.3) is 22.3 Å². The van der Waals surface area contributed by atoms with Crippen LogP contribution in [0.2, 0.25) is 0 Å². The van der Waals surface area contributed by atoms with E-state index in [0.29, 0.717) is 26.1 Å². The van der Waals surface area contributed by atoms with E-state index in [-0.39, 0.29) is 12.2 Å². The number of aliphatic hydroxyl groups is 2. The summed E-state index contributed by atoms with van der Waals surface area (Å²) in [5, 5.41) is 18.7. The Morgan fingerprint density at radius 3 is 1.61 bits per heavy atom. The molecule has 0 bridgehead atoms. The van der Waals surface area contributed by atoms with Crippen molar-refractivity contribution in [3.8, 4) is 33.8 Å². The van der Waals surface area contributed by atoms with Crippen LogP contribution >= 0.6 is 0 Å². The second-order valence-electron chi connectivity index (χ2n) is 8.05. The van der Waals surface area contributed by atoms with Gasteiger partial charge in [-0.1, -0.05) is 42.5 Å². The molecular weight excluding hydrogens is 388 g/mol. The molecule has 4 heteroatoms. The van der Waals surface area contributed by atoms with Crippen LogP contribution in [0.5, 0.6) is 11.5 Å². The molecule has 0 heterocycles. The van der Waals surface area contributed by atoms with Gasteiger partial charge in [-0.05, 0) is 72.9 Å². The third-order valence-corrected chi connectivity index (χ3v) is 5.18. The first kappa shape index (κ1) is 22.9. The van der Waals surface area contributed by atoms with Gasteiger partial charge in [-0.2, -0.15) is 0 Å². The average Bonchev–Trinajstić information content (AvgIpc) is 2.75. The SMILES string of the molecule is Cc1cc(-c2ccc(-c3ccc(OCCC(C)O)cc3)cc2)ccc1OCCC(C)O. The lowest BCUT2D eigenvalue weighted by molar-refractivity contribution is 0.155. The van der Waals surface area contributed by atoms with Crippen molar-refractivity contribution in [2.75, 3.05) is 13.2 Å². The average molecular weight is 421 g/mol. The molecule has 0 aliphatic heterocycles. The molecular formula is C27H32O4. The molecule has 0 saturated carbocycles. The van der Waals surface area contributed by atoms with E-state index >= 15 is 0 Å². The lowest BCUT2D eigenvalue weighted by Crippen LogP contribution is -2.07. The third-order valence-electron chi connectivity index (χ3n) is 5.18. The highest BCUT2D eigenvalue weighted by Gasteiger charge is 2.06. The van der Waals surface area contributed by atoms with Gasteiger partial charge < -0.3 is 19.7 Å². The van der Waals surface area contributed by atoms with E-state index in [1.54, 1.807) is 13.8 Å². The van der Waals surface area contributed by atoms with Crippen LogP contribution in [-0.4, -0.2) is 35.6 Å². The maximum Gasteiger partial charge on any atom is 0.122 e. The highest BCUT2D eigenvalue weighted by Crippen LogP contribution is 2.29. The standard InChI is InChI=1S/C27H32O4/c1-19-18-25(10-13-27(19)31-17-15-21(3)29)24-6-4-22(5-7-24)23-8-11-26(12-9-23)30-16-14-20(2)28/h4-13,18,20-21,28-29H,14-17H2,1-3H3. The molecule has 0 amide bonds. The van der Waals surface area contributed by atoms with Gasteiger partial charge in [0.25, 0.3) is 0 Å². The van der Waals surface area contributed by atoms with Crippen molar-refractivity contribution in [2.24, 2.45) is 0 Å². The van der Waals surface area contributed by atoms with Crippen LogP contribution < -0.4 is 9.47 Å². The molecule has 0 aliphatic rings. The molecule has 3 aromatic carbocycles. The molecule has 164 valence electrons. The Morgan fingerprint density at radius 1 is 0.645 bits per heavy atom. The first-order chi connectivity index (χ1) is 14.9. The number of aryl methyl sites for hydroxylation is 1. The van der Waals surface area contributed by atoms with E-state index in [4.69, 9.17) is 9.47 Å². The molecule has 0 aliphatic carbocycles. The van der Waals surface area contributed by atoms with Crippen LogP contribution in [0, 0.1) is 6.92 Å². The zero-order chi connectivity index (χ0) is 22.2. The number of ether oxygens (including phenoxy) is 2. The highest BCUT2D eigenvalue weighted by atomic mass is 16.5. The van der Waals surface area contributed by atoms with Crippen molar-refractivity contribution in [1.82, 2.24) is 0 Å². The largest absolute Gasteiger partial charge is 0.493 e. The first-order valence-corrected chi connectivity index (χ1v) is 10.9. The molecule has 2 unspecified atom stereocenters. The van der Waals surface area contributed by atoms with Gasteiger partial charge in [0.2, 0.25) is 0 Å². The van der Waals surface area contributed by atoms with Crippen molar-refractivity contribution < 1.29 is 19.7 Å². The summed E-state index contributed by atoms with van der Waals surface area (Å²) in [6.45, 7) is 6.59. The fourth-order valence-electron chi connectivity index (χ4n) is 3.28. The molecule has 0 fully saturated rings. The van der Waals surface area contributed by atoms with E-state index in [2.05, 4.69) is 48.5 Å². The molecule has 0 spiro atoms. The third kappa shape index (κ3) is 6.84. The van der Waals surface area contributed by atoms with Gasteiger partial charge in [-0.15, -0.1) is 0 Å². The summed E-state index contributed by atoms with van der Waals surface area (Å²) in [6.07, 6.45) is 0.548. The summed E-state index contributed by atoms with van der Waals surface area (Å²) >= 11 is 0. The number of hydrogen-bond acceptors (Lipinski definition) is 4. The Bertz CT molecular complexity index is 944. The maximum absolute atomic E-state index is 9.37. The minimum Gasteiger partial charge on any atom is -0.493 e. The minimum atomic E-state index is -0.350. The normalized spacial score (nSPS) is 12.9. The molecule has 0 radical (unpaired) electrons. The van der Waals surface area contributed by atoms with Gasteiger partial charge in [0.15, 0.2) is 0 Å². The van der Waals surface area contributed by atoms with E-state index in [1.165, 1.54) is 0 Å².